The quantitative estimate of drug-likeness (QED) is 0.615. The summed E-state index contributed by atoms with van der Waals surface area (Å²) >= 11 is 0. The smallest absolute Gasteiger partial charge is 0.308 e. The average Bonchev–Trinajstić information content (AvgIpc) is 2.03. The van der Waals surface area contributed by atoms with Gasteiger partial charge in [-0.05, 0) is 25.7 Å². The van der Waals surface area contributed by atoms with E-state index in [1.165, 1.54) is 0 Å². The summed E-state index contributed by atoms with van der Waals surface area (Å²) in [6.07, 6.45) is 3.38. The first-order valence-corrected chi connectivity index (χ1v) is 4.12. The SMILES string of the molecule is O=C1OCCCC1CCCO. The van der Waals surface area contributed by atoms with Gasteiger partial charge in [0.15, 0.2) is 0 Å². The first-order chi connectivity index (χ1) is 5.34. The zero-order valence-electron chi connectivity index (χ0n) is 6.58. The molecule has 1 saturated heterocycles. The van der Waals surface area contributed by atoms with E-state index in [9.17, 15) is 4.79 Å². The number of hydrogen-bond donors (Lipinski definition) is 1. The van der Waals surface area contributed by atoms with Crippen LogP contribution >= 0.6 is 0 Å². The monoisotopic (exact) mass is 158 g/mol. The number of carbonyl (C=O) groups is 1. The molecule has 1 rings (SSSR count). The standard InChI is InChI=1S/C8H14O3/c9-5-1-3-7-4-2-6-11-8(7)10/h7,9H,1-6H2. The molecule has 1 N–H and O–H groups in total. The van der Waals surface area contributed by atoms with E-state index in [1.807, 2.05) is 0 Å². The minimum Gasteiger partial charge on any atom is -0.465 e. The number of rotatable bonds is 3. The molecule has 0 aromatic heterocycles. The summed E-state index contributed by atoms with van der Waals surface area (Å²) in [6, 6.07) is 0. The third-order valence-electron chi connectivity index (χ3n) is 1.99. The number of aliphatic hydroxyl groups excluding tert-OH is 1. The van der Waals surface area contributed by atoms with Crippen molar-refractivity contribution >= 4 is 5.97 Å². The Bertz CT molecular complexity index is 133. The molecule has 3 nitrogen and oxygen atoms in total. The molecule has 1 aliphatic rings. The van der Waals surface area contributed by atoms with Crippen LogP contribution in [0.15, 0.2) is 0 Å². The molecule has 1 fully saturated rings. The van der Waals surface area contributed by atoms with Gasteiger partial charge in [-0.3, -0.25) is 4.79 Å². The fourth-order valence-electron chi connectivity index (χ4n) is 1.34. The number of aliphatic hydroxyl groups is 1. The highest BCUT2D eigenvalue weighted by Crippen LogP contribution is 2.19. The maximum Gasteiger partial charge on any atom is 0.308 e. The molecule has 1 heterocycles. The van der Waals surface area contributed by atoms with Crippen LogP contribution < -0.4 is 0 Å². The molecule has 0 aromatic carbocycles. The zero-order valence-corrected chi connectivity index (χ0v) is 6.58. The lowest BCUT2D eigenvalue weighted by Crippen LogP contribution is -2.24. The fraction of sp³-hybridized carbons (Fsp3) is 0.875. The molecule has 1 atom stereocenters. The van der Waals surface area contributed by atoms with Crippen molar-refractivity contribution in [3.05, 3.63) is 0 Å². The van der Waals surface area contributed by atoms with Crippen LogP contribution in [-0.2, 0) is 9.53 Å². The van der Waals surface area contributed by atoms with Crippen molar-refractivity contribution in [3.8, 4) is 0 Å². The molecule has 0 bridgehead atoms. The molecule has 0 saturated carbocycles. The Morgan fingerprint density at radius 1 is 1.64 bits per heavy atom. The number of esters is 1. The minimum atomic E-state index is -0.0790. The van der Waals surface area contributed by atoms with Gasteiger partial charge in [0, 0.05) is 6.61 Å². The van der Waals surface area contributed by atoms with E-state index in [-0.39, 0.29) is 18.5 Å². The maximum absolute atomic E-state index is 11.0. The van der Waals surface area contributed by atoms with Crippen LogP contribution in [0.1, 0.15) is 25.7 Å². The van der Waals surface area contributed by atoms with Crippen molar-refractivity contribution in [1.82, 2.24) is 0 Å². The third-order valence-corrected chi connectivity index (χ3v) is 1.99. The van der Waals surface area contributed by atoms with Crippen molar-refractivity contribution in [3.63, 3.8) is 0 Å². The van der Waals surface area contributed by atoms with Gasteiger partial charge in [0.1, 0.15) is 0 Å². The lowest BCUT2D eigenvalue weighted by molar-refractivity contribution is -0.153. The molecular weight excluding hydrogens is 144 g/mol. The highest BCUT2D eigenvalue weighted by molar-refractivity contribution is 5.72. The Morgan fingerprint density at radius 2 is 2.45 bits per heavy atom. The Kier molecular flexibility index (Phi) is 3.36. The van der Waals surface area contributed by atoms with Gasteiger partial charge in [-0.1, -0.05) is 0 Å². The van der Waals surface area contributed by atoms with Gasteiger partial charge >= 0.3 is 5.97 Å². The molecule has 0 amide bonds. The summed E-state index contributed by atoms with van der Waals surface area (Å²) in [6.45, 7) is 0.748. The summed E-state index contributed by atoms with van der Waals surface area (Å²) < 4.78 is 4.87. The topological polar surface area (TPSA) is 46.5 Å². The summed E-state index contributed by atoms with van der Waals surface area (Å²) in [4.78, 5) is 11.0. The zero-order chi connectivity index (χ0) is 8.10. The van der Waals surface area contributed by atoms with Crippen molar-refractivity contribution in [1.29, 1.82) is 0 Å². The van der Waals surface area contributed by atoms with Crippen molar-refractivity contribution < 1.29 is 14.6 Å². The molecule has 3 heteroatoms. The summed E-state index contributed by atoms with van der Waals surface area (Å²) in [5.41, 5.74) is 0. The van der Waals surface area contributed by atoms with Gasteiger partial charge in [-0.2, -0.15) is 0 Å². The lowest BCUT2D eigenvalue weighted by Gasteiger charge is -2.19. The van der Waals surface area contributed by atoms with E-state index < -0.39 is 0 Å². The number of hydrogen-bond acceptors (Lipinski definition) is 3. The van der Waals surface area contributed by atoms with Gasteiger partial charge in [0.25, 0.3) is 0 Å². The second-order valence-electron chi connectivity index (χ2n) is 2.87. The van der Waals surface area contributed by atoms with E-state index in [2.05, 4.69) is 0 Å². The minimum absolute atomic E-state index is 0.0518. The maximum atomic E-state index is 11.0. The summed E-state index contributed by atoms with van der Waals surface area (Å²) in [5, 5.41) is 8.53. The third kappa shape index (κ3) is 2.50. The Balaban J connectivity index is 2.24. The molecule has 0 spiro atoms. The van der Waals surface area contributed by atoms with Crippen LogP contribution in [0.2, 0.25) is 0 Å². The Hall–Kier alpha value is -0.570. The van der Waals surface area contributed by atoms with E-state index in [0.717, 1.165) is 19.3 Å². The van der Waals surface area contributed by atoms with Gasteiger partial charge in [-0.25, -0.2) is 0 Å². The first-order valence-electron chi connectivity index (χ1n) is 4.12. The van der Waals surface area contributed by atoms with Crippen LogP contribution in [0.4, 0.5) is 0 Å². The van der Waals surface area contributed by atoms with E-state index in [1.54, 1.807) is 0 Å². The summed E-state index contributed by atoms with van der Waals surface area (Å²) in [5.74, 6) is -0.0272. The molecule has 1 unspecified atom stereocenters. The van der Waals surface area contributed by atoms with Crippen LogP contribution in [-0.4, -0.2) is 24.3 Å². The van der Waals surface area contributed by atoms with Crippen LogP contribution in [0, 0.1) is 5.92 Å². The van der Waals surface area contributed by atoms with Gasteiger partial charge in [0.2, 0.25) is 0 Å². The predicted molar refractivity (Wildman–Crippen MR) is 40.0 cm³/mol. The Labute approximate surface area is 66.4 Å². The highest BCUT2D eigenvalue weighted by Gasteiger charge is 2.22. The molecule has 0 radical (unpaired) electrons. The van der Waals surface area contributed by atoms with Crippen LogP contribution in [0.3, 0.4) is 0 Å². The molecule has 11 heavy (non-hydrogen) atoms. The van der Waals surface area contributed by atoms with E-state index in [0.29, 0.717) is 13.0 Å². The largest absolute Gasteiger partial charge is 0.465 e. The van der Waals surface area contributed by atoms with Crippen molar-refractivity contribution in [2.75, 3.05) is 13.2 Å². The second-order valence-corrected chi connectivity index (χ2v) is 2.87. The fourth-order valence-corrected chi connectivity index (χ4v) is 1.34. The number of ether oxygens (including phenoxy) is 1. The molecule has 1 aliphatic heterocycles. The van der Waals surface area contributed by atoms with Crippen LogP contribution in [0.25, 0.3) is 0 Å². The van der Waals surface area contributed by atoms with Crippen molar-refractivity contribution in [2.45, 2.75) is 25.7 Å². The van der Waals surface area contributed by atoms with E-state index in [4.69, 9.17) is 9.84 Å². The second kappa shape index (κ2) is 4.34. The van der Waals surface area contributed by atoms with E-state index >= 15 is 0 Å². The van der Waals surface area contributed by atoms with Gasteiger partial charge < -0.3 is 9.84 Å². The summed E-state index contributed by atoms with van der Waals surface area (Å²) in [7, 11) is 0. The first kappa shape index (κ1) is 8.53. The molecular formula is C8H14O3. The normalized spacial score (nSPS) is 24.8. The average molecular weight is 158 g/mol. The highest BCUT2D eigenvalue weighted by atomic mass is 16.5. The molecule has 0 aromatic rings. The number of carbonyl (C=O) groups excluding carboxylic acids is 1. The lowest BCUT2D eigenvalue weighted by atomic mass is 9.96. The molecule has 64 valence electrons. The Morgan fingerprint density at radius 3 is 3.09 bits per heavy atom. The number of cyclic esters (lactones) is 1. The van der Waals surface area contributed by atoms with Gasteiger partial charge in [-0.15, -0.1) is 0 Å². The predicted octanol–water partition coefficient (Wildman–Crippen LogP) is 0.712. The van der Waals surface area contributed by atoms with Crippen molar-refractivity contribution in [2.24, 2.45) is 5.92 Å². The molecule has 0 aliphatic carbocycles. The van der Waals surface area contributed by atoms with Crippen LogP contribution in [0.5, 0.6) is 0 Å². The van der Waals surface area contributed by atoms with Gasteiger partial charge in [0.05, 0.1) is 12.5 Å².